The van der Waals surface area contributed by atoms with Crippen LogP contribution in [0.3, 0.4) is 0 Å². The molecule has 3 fully saturated rings. The molecule has 3 rings (SSSR count). The molecule has 3 atom stereocenters. The fourth-order valence-electron chi connectivity index (χ4n) is 3.74. The Kier molecular flexibility index (Phi) is 3.61. The van der Waals surface area contributed by atoms with Crippen molar-refractivity contribution in [3.05, 3.63) is 0 Å². The Morgan fingerprint density at radius 3 is 2.61 bits per heavy atom. The second kappa shape index (κ2) is 5.07. The van der Waals surface area contributed by atoms with E-state index in [0.717, 1.165) is 11.8 Å². The first-order valence-electron chi connectivity index (χ1n) is 7.67. The smallest absolute Gasteiger partial charge is 0.157 e. The molecule has 0 aromatic heterocycles. The normalized spacial score (nSPS) is 41.4. The van der Waals surface area contributed by atoms with E-state index in [9.17, 15) is 0 Å². The molecular formula is C15H26N2S. The number of thioether (sulfide) groups is 1. The molecule has 0 radical (unpaired) electrons. The summed E-state index contributed by atoms with van der Waals surface area (Å²) >= 11 is 1.98. The lowest BCUT2D eigenvalue weighted by Crippen LogP contribution is -2.45. The number of nitrogens with one attached hydrogen (secondary N) is 1. The molecule has 18 heavy (non-hydrogen) atoms. The van der Waals surface area contributed by atoms with Crippen LogP contribution in [0.5, 0.6) is 0 Å². The van der Waals surface area contributed by atoms with E-state index in [1.807, 2.05) is 11.8 Å². The molecule has 0 amide bonds. The largest absolute Gasteiger partial charge is 0.359 e. The van der Waals surface area contributed by atoms with Crippen LogP contribution in [-0.2, 0) is 0 Å². The van der Waals surface area contributed by atoms with E-state index in [-0.39, 0.29) is 0 Å². The molecule has 0 aromatic rings. The SMILES string of the molecule is CC1CCC(N=C2NC3(CCCCC3)CS2)C1C. The van der Waals surface area contributed by atoms with E-state index in [1.54, 1.807) is 0 Å². The zero-order valence-electron chi connectivity index (χ0n) is 11.7. The van der Waals surface area contributed by atoms with Crippen LogP contribution < -0.4 is 5.32 Å². The second-order valence-corrected chi connectivity index (χ2v) is 7.63. The van der Waals surface area contributed by atoms with E-state index in [1.165, 1.54) is 55.9 Å². The van der Waals surface area contributed by atoms with Gasteiger partial charge in [0.2, 0.25) is 0 Å². The zero-order valence-corrected chi connectivity index (χ0v) is 12.6. The van der Waals surface area contributed by atoms with Crippen LogP contribution in [0, 0.1) is 11.8 Å². The highest BCUT2D eigenvalue weighted by molar-refractivity contribution is 8.14. The molecule has 1 saturated heterocycles. The van der Waals surface area contributed by atoms with Crippen LogP contribution in [0.2, 0.25) is 0 Å². The Bertz CT molecular complexity index is 333. The molecule has 1 N–H and O–H groups in total. The van der Waals surface area contributed by atoms with Crippen molar-refractivity contribution in [2.75, 3.05) is 5.75 Å². The summed E-state index contributed by atoms with van der Waals surface area (Å²) in [5, 5.41) is 5.03. The molecule has 2 aliphatic carbocycles. The summed E-state index contributed by atoms with van der Waals surface area (Å²) in [5.74, 6) is 2.87. The van der Waals surface area contributed by atoms with Gasteiger partial charge < -0.3 is 5.32 Å². The molecule has 0 aromatic carbocycles. The lowest BCUT2D eigenvalue weighted by molar-refractivity contribution is 0.303. The summed E-state index contributed by atoms with van der Waals surface area (Å²) in [4.78, 5) is 5.02. The molecule has 2 saturated carbocycles. The maximum atomic E-state index is 5.02. The first-order chi connectivity index (χ1) is 8.69. The monoisotopic (exact) mass is 266 g/mol. The van der Waals surface area contributed by atoms with Crippen molar-refractivity contribution < 1.29 is 0 Å². The van der Waals surface area contributed by atoms with E-state index in [2.05, 4.69) is 19.2 Å². The minimum atomic E-state index is 0.412. The van der Waals surface area contributed by atoms with Gasteiger partial charge in [0.15, 0.2) is 5.17 Å². The first-order valence-corrected chi connectivity index (χ1v) is 8.66. The summed E-state index contributed by atoms with van der Waals surface area (Å²) < 4.78 is 0. The van der Waals surface area contributed by atoms with Gasteiger partial charge in [0.05, 0.1) is 6.04 Å². The quantitative estimate of drug-likeness (QED) is 0.780. The summed E-state index contributed by atoms with van der Waals surface area (Å²) in [6.45, 7) is 4.76. The van der Waals surface area contributed by atoms with Gasteiger partial charge in [-0.05, 0) is 37.5 Å². The molecule has 3 aliphatic rings. The standard InChI is InChI=1S/C15H26N2S/c1-11-6-7-13(12(11)2)16-14-17-15(10-18-14)8-4-3-5-9-15/h11-13H,3-10H2,1-2H3,(H,16,17). The molecular weight excluding hydrogens is 240 g/mol. The Morgan fingerprint density at radius 1 is 1.17 bits per heavy atom. The van der Waals surface area contributed by atoms with E-state index in [0.29, 0.717) is 11.6 Å². The summed E-state index contributed by atoms with van der Waals surface area (Å²) in [6, 6.07) is 0.578. The van der Waals surface area contributed by atoms with Crippen molar-refractivity contribution in [1.82, 2.24) is 5.32 Å². The Balaban J connectivity index is 1.64. The maximum absolute atomic E-state index is 5.02. The minimum Gasteiger partial charge on any atom is -0.359 e. The van der Waals surface area contributed by atoms with Gasteiger partial charge >= 0.3 is 0 Å². The number of nitrogens with zero attached hydrogens (tertiary/aromatic N) is 1. The molecule has 2 nitrogen and oxygen atoms in total. The Morgan fingerprint density at radius 2 is 1.94 bits per heavy atom. The highest BCUT2D eigenvalue weighted by Gasteiger charge is 2.39. The average Bonchev–Trinajstić information content (AvgIpc) is 2.90. The second-order valence-electron chi connectivity index (χ2n) is 6.67. The van der Waals surface area contributed by atoms with Crippen LogP contribution >= 0.6 is 11.8 Å². The van der Waals surface area contributed by atoms with Gasteiger partial charge in [0, 0.05) is 11.3 Å². The van der Waals surface area contributed by atoms with Gasteiger partial charge in [-0.25, -0.2) is 0 Å². The van der Waals surface area contributed by atoms with Gasteiger partial charge in [-0.3, -0.25) is 4.99 Å². The lowest BCUT2D eigenvalue weighted by atomic mass is 9.83. The molecule has 0 bridgehead atoms. The maximum Gasteiger partial charge on any atom is 0.157 e. The fourth-order valence-corrected chi connectivity index (χ4v) is 5.02. The van der Waals surface area contributed by atoms with E-state index in [4.69, 9.17) is 4.99 Å². The van der Waals surface area contributed by atoms with E-state index < -0.39 is 0 Å². The van der Waals surface area contributed by atoms with Crippen LogP contribution in [0.1, 0.15) is 58.8 Å². The molecule has 1 aliphatic heterocycles. The van der Waals surface area contributed by atoms with Gasteiger partial charge in [-0.2, -0.15) is 0 Å². The third kappa shape index (κ3) is 2.43. The molecule has 1 spiro atoms. The van der Waals surface area contributed by atoms with Gasteiger partial charge in [0.1, 0.15) is 0 Å². The zero-order chi connectivity index (χ0) is 12.6. The Hall–Kier alpha value is -0.180. The van der Waals surface area contributed by atoms with Crippen molar-refractivity contribution in [1.29, 1.82) is 0 Å². The highest BCUT2D eigenvalue weighted by Crippen LogP contribution is 2.38. The average molecular weight is 266 g/mol. The molecule has 1 heterocycles. The van der Waals surface area contributed by atoms with Crippen LogP contribution in [-0.4, -0.2) is 22.5 Å². The minimum absolute atomic E-state index is 0.412. The lowest BCUT2D eigenvalue weighted by Gasteiger charge is -2.32. The van der Waals surface area contributed by atoms with Crippen molar-refractivity contribution in [3.8, 4) is 0 Å². The van der Waals surface area contributed by atoms with Crippen molar-refractivity contribution in [2.24, 2.45) is 16.8 Å². The first kappa shape index (κ1) is 12.8. The number of rotatable bonds is 1. The van der Waals surface area contributed by atoms with Gasteiger partial charge in [-0.1, -0.05) is 44.9 Å². The topological polar surface area (TPSA) is 24.4 Å². The van der Waals surface area contributed by atoms with Gasteiger partial charge in [-0.15, -0.1) is 0 Å². The van der Waals surface area contributed by atoms with Crippen molar-refractivity contribution >= 4 is 16.9 Å². The number of aliphatic imine (C=N–C) groups is 1. The van der Waals surface area contributed by atoms with Crippen LogP contribution in [0.25, 0.3) is 0 Å². The predicted molar refractivity (Wildman–Crippen MR) is 80.2 cm³/mol. The third-order valence-corrected chi connectivity index (χ3v) is 6.55. The number of amidine groups is 1. The fraction of sp³-hybridized carbons (Fsp3) is 0.933. The van der Waals surface area contributed by atoms with E-state index >= 15 is 0 Å². The van der Waals surface area contributed by atoms with Crippen molar-refractivity contribution in [2.45, 2.75) is 70.4 Å². The van der Waals surface area contributed by atoms with Crippen LogP contribution in [0.4, 0.5) is 0 Å². The summed E-state index contributed by atoms with van der Waals surface area (Å²) in [7, 11) is 0. The van der Waals surface area contributed by atoms with Crippen molar-refractivity contribution in [3.63, 3.8) is 0 Å². The molecule has 3 heteroatoms. The summed E-state index contributed by atoms with van der Waals surface area (Å²) in [5.41, 5.74) is 0.412. The third-order valence-electron chi connectivity index (χ3n) is 5.37. The van der Waals surface area contributed by atoms with Gasteiger partial charge in [0.25, 0.3) is 0 Å². The number of hydrogen-bond donors (Lipinski definition) is 1. The predicted octanol–water partition coefficient (Wildman–Crippen LogP) is 3.82. The Labute approximate surface area is 115 Å². The number of hydrogen-bond acceptors (Lipinski definition) is 2. The summed E-state index contributed by atoms with van der Waals surface area (Å²) in [6.07, 6.45) is 9.60. The molecule has 3 unspecified atom stereocenters. The van der Waals surface area contributed by atoms with Crippen LogP contribution in [0.15, 0.2) is 4.99 Å². The highest BCUT2D eigenvalue weighted by atomic mass is 32.2. The molecule has 102 valence electrons.